The summed E-state index contributed by atoms with van der Waals surface area (Å²) in [7, 11) is 0. The molecule has 0 saturated heterocycles. The highest BCUT2D eigenvalue weighted by molar-refractivity contribution is 5.93. The molecule has 0 unspecified atom stereocenters. The van der Waals surface area contributed by atoms with Gasteiger partial charge in [-0.3, -0.25) is 9.59 Å². The number of rotatable bonds is 6. The number of aromatic nitrogens is 3. The fourth-order valence-corrected chi connectivity index (χ4v) is 2.44. The van der Waals surface area contributed by atoms with Gasteiger partial charge in [0.2, 0.25) is 0 Å². The van der Waals surface area contributed by atoms with E-state index in [0.717, 1.165) is 24.5 Å². The van der Waals surface area contributed by atoms with Gasteiger partial charge >= 0.3 is 0 Å². The molecule has 22 heavy (non-hydrogen) atoms. The van der Waals surface area contributed by atoms with Crippen LogP contribution >= 0.6 is 0 Å². The Bertz CT molecular complexity index is 715. The Morgan fingerprint density at radius 3 is 2.77 bits per heavy atom. The third-order valence-corrected chi connectivity index (χ3v) is 3.63. The second-order valence-electron chi connectivity index (χ2n) is 5.16. The molecule has 0 bridgehead atoms. The van der Waals surface area contributed by atoms with E-state index in [4.69, 9.17) is 0 Å². The maximum absolute atomic E-state index is 12.3. The highest BCUT2D eigenvalue weighted by atomic mass is 16.2. The monoisotopic (exact) mass is 302 g/mol. The van der Waals surface area contributed by atoms with Crippen LogP contribution in [-0.4, -0.2) is 20.0 Å². The van der Waals surface area contributed by atoms with Crippen molar-refractivity contribution >= 4 is 5.91 Å². The predicted molar refractivity (Wildman–Crippen MR) is 84.8 cm³/mol. The topological polar surface area (TPSA) is 68.9 Å². The van der Waals surface area contributed by atoms with E-state index in [9.17, 15) is 9.59 Å². The lowest BCUT2D eigenvalue weighted by Crippen LogP contribution is -2.33. The molecule has 0 radical (unpaired) electrons. The summed E-state index contributed by atoms with van der Waals surface area (Å²) in [5.74, 6) is 0.427. The third kappa shape index (κ3) is 3.27. The van der Waals surface area contributed by atoms with Gasteiger partial charge in [0.1, 0.15) is 11.4 Å². The van der Waals surface area contributed by atoms with Crippen LogP contribution in [0.4, 0.5) is 0 Å². The van der Waals surface area contributed by atoms with E-state index in [-0.39, 0.29) is 17.0 Å². The van der Waals surface area contributed by atoms with Gasteiger partial charge in [-0.2, -0.15) is 0 Å². The number of carbonyl (C=O) groups excluding carboxylic acids is 1. The van der Waals surface area contributed by atoms with Crippen LogP contribution in [0.5, 0.6) is 0 Å². The van der Waals surface area contributed by atoms with Crippen LogP contribution < -0.4 is 10.9 Å². The van der Waals surface area contributed by atoms with Crippen molar-refractivity contribution in [3.63, 3.8) is 0 Å². The normalized spacial score (nSPS) is 10.7. The first-order valence-electron chi connectivity index (χ1n) is 7.57. The van der Waals surface area contributed by atoms with Gasteiger partial charge in [-0.1, -0.05) is 6.92 Å². The van der Waals surface area contributed by atoms with Crippen molar-refractivity contribution in [2.75, 3.05) is 0 Å². The Balaban J connectivity index is 2.13. The number of hydrogen-bond donors (Lipinski definition) is 1. The molecule has 2 rings (SSSR count). The summed E-state index contributed by atoms with van der Waals surface area (Å²) in [5, 5.41) is 2.78. The van der Waals surface area contributed by atoms with Crippen molar-refractivity contribution in [1.29, 1.82) is 0 Å². The molecule has 0 aliphatic heterocycles. The fraction of sp³-hybridized carbons (Fsp3) is 0.438. The lowest BCUT2D eigenvalue weighted by atomic mass is 10.2. The number of imidazole rings is 1. The number of pyridine rings is 1. The van der Waals surface area contributed by atoms with Gasteiger partial charge < -0.3 is 14.5 Å². The molecule has 0 spiro atoms. The minimum Gasteiger partial charge on any atom is -0.345 e. The molecule has 1 amide bonds. The number of nitrogens with zero attached hydrogens (tertiary/aromatic N) is 3. The smallest absolute Gasteiger partial charge is 0.263 e. The minimum absolute atomic E-state index is 0.168. The molecular formula is C16H22N4O2. The molecule has 0 aliphatic carbocycles. The second-order valence-corrected chi connectivity index (χ2v) is 5.16. The number of carbonyl (C=O) groups is 1. The quantitative estimate of drug-likeness (QED) is 0.883. The Hall–Kier alpha value is -2.37. The molecule has 0 atom stereocenters. The van der Waals surface area contributed by atoms with E-state index in [1.54, 1.807) is 22.9 Å². The van der Waals surface area contributed by atoms with Crippen LogP contribution in [0.15, 0.2) is 29.3 Å². The summed E-state index contributed by atoms with van der Waals surface area (Å²) >= 11 is 0. The SMILES string of the molecule is CCCn1ccnc1CNC(=O)c1ccc(C)n(CC)c1=O. The Morgan fingerprint density at radius 2 is 2.09 bits per heavy atom. The number of nitrogens with one attached hydrogen (secondary N) is 1. The number of hydrogen-bond acceptors (Lipinski definition) is 3. The Morgan fingerprint density at radius 1 is 1.32 bits per heavy atom. The first kappa shape index (κ1) is 16.0. The van der Waals surface area contributed by atoms with Gasteiger partial charge in [-0.05, 0) is 32.4 Å². The molecule has 118 valence electrons. The molecule has 2 aromatic heterocycles. The van der Waals surface area contributed by atoms with E-state index >= 15 is 0 Å². The number of aryl methyl sites for hydroxylation is 2. The largest absolute Gasteiger partial charge is 0.345 e. The van der Waals surface area contributed by atoms with Crippen molar-refractivity contribution in [2.45, 2.75) is 46.8 Å². The van der Waals surface area contributed by atoms with Gasteiger partial charge in [-0.25, -0.2) is 4.98 Å². The summed E-state index contributed by atoms with van der Waals surface area (Å²) in [6.45, 7) is 7.55. The number of amides is 1. The summed E-state index contributed by atoms with van der Waals surface area (Å²) in [6.07, 6.45) is 4.60. The molecule has 0 aliphatic rings. The van der Waals surface area contributed by atoms with Gasteiger partial charge in [-0.15, -0.1) is 0 Å². The predicted octanol–water partition coefficient (Wildman–Crippen LogP) is 1.71. The van der Waals surface area contributed by atoms with Crippen molar-refractivity contribution in [2.24, 2.45) is 0 Å². The lowest BCUT2D eigenvalue weighted by molar-refractivity contribution is 0.0947. The molecule has 6 heteroatoms. The van der Waals surface area contributed by atoms with Gasteiger partial charge in [0, 0.05) is 31.2 Å². The molecular weight excluding hydrogens is 280 g/mol. The molecule has 0 fully saturated rings. The summed E-state index contributed by atoms with van der Waals surface area (Å²) in [5.41, 5.74) is 0.764. The summed E-state index contributed by atoms with van der Waals surface area (Å²) in [4.78, 5) is 28.8. The summed E-state index contributed by atoms with van der Waals surface area (Å²) in [6, 6.07) is 3.37. The van der Waals surface area contributed by atoms with E-state index in [1.807, 2.05) is 24.6 Å². The second kappa shape index (κ2) is 7.06. The zero-order valence-corrected chi connectivity index (χ0v) is 13.3. The highest BCUT2D eigenvalue weighted by Crippen LogP contribution is 2.02. The first-order valence-corrected chi connectivity index (χ1v) is 7.57. The standard InChI is InChI=1S/C16H22N4O2/c1-4-9-19-10-8-17-14(19)11-18-15(21)13-7-6-12(3)20(5-2)16(13)22/h6-8,10H,4-5,9,11H2,1-3H3,(H,18,21). The summed E-state index contributed by atoms with van der Waals surface area (Å²) < 4.78 is 3.59. The van der Waals surface area contributed by atoms with Crippen molar-refractivity contribution in [3.05, 3.63) is 52.0 Å². The van der Waals surface area contributed by atoms with Crippen molar-refractivity contribution < 1.29 is 4.79 Å². The van der Waals surface area contributed by atoms with E-state index in [2.05, 4.69) is 17.2 Å². The molecule has 0 aromatic carbocycles. The molecule has 0 saturated carbocycles. The fourth-order valence-electron chi connectivity index (χ4n) is 2.44. The van der Waals surface area contributed by atoms with Gasteiger partial charge in [0.05, 0.1) is 6.54 Å². The van der Waals surface area contributed by atoms with Crippen molar-refractivity contribution in [1.82, 2.24) is 19.4 Å². The van der Waals surface area contributed by atoms with Crippen LogP contribution in [-0.2, 0) is 19.6 Å². The van der Waals surface area contributed by atoms with Crippen LogP contribution in [0, 0.1) is 6.92 Å². The van der Waals surface area contributed by atoms with E-state index in [1.165, 1.54) is 0 Å². The van der Waals surface area contributed by atoms with Crippen LogP contribution in [0.3, 0.4) is 0 Å². The highest BCUT2D eigenvalue weighted by Gasteiger charge is 2.13. The lowest BCUT2D eigenvalue weighted by Gasteiger charge is -2.10. The van der Waals surface area contributed by atoms with Crippen LogP contribution in [0.1, 0.15) is 42.1 Å². The average Bonchev–Trinajstić information content (AvgIpc) is 2.93. The van der Waals surface area contributed by atoms with E-state index < -0.39 is 0 Å². The maximum atomic E-state index is 12.3. The molecule has 2 heterocycles. The average molecular weight is 302 g/mol. The maximum Gasteiger partial charge on any atom is 0.263 e. The van der Waals surface area contributed by atoms with Crippen LogP contribution in [0.25, 0.3) is 0 Å². The van der Waals surface area contributed by atoms with Crippen LogP contribution in [0.2, 0.25) is 0 Å². The zero-order chi connectivity index (χ0) is 16.1. The minimum atomic E-state index is -0.363. The zero-order valence-electron chi connectivity index (χ0n) is 13.3. The van der Waals surface area contributed by atoms with Gasteiger partial charge in [0.25, 0.3) is 11.5 Å². The Kier molecular flexibility index (Phi) is 5.14. The molecule has 6 nitrogen and oxygen atoms in total. The first-order chi connectivity index (χ1) is 10.6. The van der Waals surface area contributed by atoms with Crippen molar-refractivity contribution in [3.8, 4) is 0 Å². The van der Waals surface area contributed by atoms with E-state index in [0.29, 0.717) is 13.1 Å². The molecule has 1 N–H and O–H groups in total. The van der Waals surface area contributed by atoms with Gasteiger partial charge in [0.15, 0.2) is 0 Å². The Labute approximate surface area is 129 Å². The third-order valence-electron chi connectivity index (χ3n) is 3.63. The molecule has 2 aromatic rings.